The molecular formula is C21H27ClN2O3S2. The Morgan fingerprint density at radius 3 is 2.28 bits per heavy atom. The summed E-state index contributed by atoms with van der Waals surface area (Å²) in [6.07, 6.45) is 0. The van der Waals surface area contributed by atoms with Crippen molar-refractivity contribution in [3.63, 3.8) is 0 Å². The van der Waals surface area contributed by atoms with Gasteiger partial charge in [-0.2, -0.15) is 11.8 Å². The minimum absolute atomic E-state index is 0.0571. The van der Waals surface area contributed by atoms with E-state index in [2.05, 4.69) is 30.8 Å². The molecule has 0 atom stereocenters. The number of benzene rings is 2. The molecule has 0 aliphatic carbocycles. The van der Waals surface area contributed by atoms with E-state index in [1.807, 2.05) is 19.9 Å². The third-order valence-electron chi connectivity index (χ3n) is 3.88. The summed E-state index contributed by atoms with van der Waals surface area (Å²) in [7, 11) is -3.94. The summed E-state index contributed by atoms with van der Waals surface area (Å²) in [6, 6.07) is 9.68. The van der Waals surface area contributed by atoms with Gasteiger partial charge in [-0.1, -0.05) is 38.4 Å². The molecule has 0 heterocycles. The Balaban J connectivity index is 2.17. The van der Waals surface area contributed by atoms with Crippen molar-refractivity contribution in [1.82, 2.24) is 5.32 Å². The van der Waals surface area contributed by atoms with E-state index < -0.39 is 10.0 Å². The fraction of sp³-hybridized carbons (Fsp3) is 0.381. The molecule has 5 nitrogen and oxygen atoms in total. The number of carbonyl (C=O) groups excluding carboxylic acids is 1. The summed E-state index contributed by atoms with van der Waals surface area (Å²) in [6.45, 7) is 10.6. The average Bonchev–Trinajstić information content (AvgIpc) is 2.56. The molecule has 0 unspecified atom stereocenters. The van der Waals surface area contributed by atoms with Crippen LogP contribution < -0.4 is 10.0 Å². The van der Waals surface area contributed by atoms with Crippen molar-refractivity contribution in [2.75, 3.05) is 17.0 Å². The van der Waals surface area contributed by atoms with Crippen LogP contribution in [0.1, 0.15) is 42.3 Å². The number of anilines is 1. The maximum absolute atomic E-state index is 12.9. The van der Waals surface area contributed by atoms with Crippen molar-refractivity contribution in [1.29, 1.82) is 0 Å². The van der Waals surface area contributed by atoms with Crippen LogP contribution in [-0.2, 0) is 10.0 Å². The zero-order valence-electron chi connectivity index (χ0n) is 17.3. The lowest BCUT2D eigenvalue weighted by Gasteiger charge is -2.17. The van der Waals surface area contributed by atoms with Crippen LogP contribution in [0, 0.1) is 13.8 Å². The van der Waals surface area contributed by atoms with Gasteiger partial charge in [0, 0.05) is 28.3 Å². The molecule has 2 rings (SSSR count). The highest BCUT2D eigenvalue weighted by atomic mass is 35.5. The van der Waals surface area contributed by atoms with Crippen LogP contribution in [-0.4, -0.2) is 31.4 Å². The minimum Gasteiger partial charge on any atom is -0.351 e. The van der Waals surface area contributed by atoms with E-state index in [0.717, 1.165) is 16.9 Å². The fourth-order valence-electron chi connectivity index (χ4n) is 2.72. The monoisotopic (exact) mass is 454 g/mol. The van der Waals surface area contributed by atoms with Crippen LogP contribution in [0.3, 0.4) is 0 Å². The van der Waals surface area contributed by atoms with Gasteiger partial charge in [0.25, 0.3) is 15.9 Å². The molecule has 0 fully saturated rings. The van der Waals surface area contributed by atoms with Crippen LogP contribution in [0.25, 0.3) is 0 Å². The summed E-state index contributed by atoms with van der Waals surface area (Å²) in [5, 5.41) is 2.87. The Morgan fingerprint density at radius 2 is 1.69 bits per heavy atom. The molecule has 2 aromatic carbocycles. The van der Waals surface area contributed by atoms with Crippen LogP contribution in [0.2, 0.25) is 5.02 Å². The van der Waals surface area contributed by atoms with Crippen molar-refractivity contribution in [2.45, 2.75) is 44.3 Å². The molecule has 0 spiro atoms. The molecule has 0 saturated heterocycles. The molecule has 0 aromatic heterocycles. The molecule has 2 N–H and O–H groups in total. The predicted molar refractivity (Wildman–Crippen MR) is 123 cm³/mol. The summed E-state index contributed by atoms with van der Waals surface area (Å²) >= 11 is 7.88. The van der Waals surface area contributed by atoms with Gasteiger partial charge >= 0.3 is 0 Å². The summed E-state index contributed by atoms with van der Waals surface area (Å²) in [5.41, 5.74) is 2.58. The first-order chi connectivity index (χ1) is 13.4. The third-order valence-corrected chi connectivity index (χ3v) is 7.02. The topological polar surface area (TPSA) is 75.3 Å². The van der Waals surface area contributed by atoms with Gasteiger partial charge in [0.15, 0.2) is 0 Å². The summed E-state index contributed by atoms with van der Waals surface area (Å²) in [4.78, 5) is 12.3. The van der Waals surface area contributed by atoms with Gasteiger partial charge in [-0.3, -0.25) is 9.52 Å². The maximum Gasteiger partial charge on any atom is 0.263 e. The third kappa shape index (κ3) is 7.24. The summed E-state index contributed by atoms with van der Waals surface area (Å²) < 4.78 is 28.4. The zero-order chi connectivity index (χ0) is 21.8. The summed E-state index contributed by atoms with van der Waals surface area (Å²) in [5.74, 6) is 0.432. The number of hydrogen-bond donors (Lipinski definition) is 2. The minimum atomic E-state index is -3.94. The fourth-order valence-corrected chi connectivity index (χ4v) is 5.10. The lowest BCUT2D eigenvalue weighted by molar-refractivity contribution is 0.0956. The van der Waals surface area contributed by atoms with E-state index in [0.29, 0.717) is 12.2 Å². The first kappa shape index (κ1) is 23.6. The van der Waals surface area contributed by atoms with Gasteiger partial charge in [-0.15, -0.1) is 0 Å². The van der Waals surface area contributed by atoms with E-state index in [-0.39, 0.29) is 26.1 Å². The molecule has 8 heteroatoms. The smallest absolute Gasteiger partial charge is 0.263 e. The first-order valence-corrected chi connectivity index (χ1v) is 12.0. The highest BCUT2D eigenvalue weighted by Crippen LogP contribution is 2.26. The van der Waals surface area contributed by atoms with Gasteiger partial charge in [0.2, 0.25) is 0 Å². The van der Waals surface area contributed by atoms with E-state index in [1.165, 1.54) is 18.2 Å². The van der Waals surface area contributed by atoms with Gasteiger partial charge in [-0.25, -0.2) is 8.42 Å². The second-order valence-electron chi connectivity index (χ2n) is 7.84. The van der Waals surface area contributed by atoms with Crippen molar-refractivity contribution < 1.29 is 13.2 Å². The molecule has 0 aliphatic rings. The number of amides is 1. The Hall–Kier alpha value is -1.70. The zero-order valence-corrected chi connectivity index (χ0v) is 19.7. The Morgan fingerprint density at radius 1 is 1.07 bits per heavy atom. The molecule has 0 radical (unpaired) electrons. The Bertz CT molecular complexity index is 979. The van der Waals surface area contributed by atoms with E-state index >= 15 is 0 Å². The molecule has 0 saturated carbocycles. The van der Waals surface area contributed by atoms with Crippen molar-refractivity contribution >= 4 is 45.0 Å². The molecule has 158 valence electrons. The van der Waals surface area contributed by atoms with Gasteiger partial charge in [-0.05, 0) is 55.3 Å². The number of sulfonamides is 1. The van der Waals surface area contributed by atoms with Crippen molar-refractivity contribution in [3.05, 3.63) is 58.1 Å². The normalized spacial score (nSPS) is 11.9. The molecular weight excluding hydrogens is 428 g/mol. The van der Waals surface area contributed by atoms with Gasteiger partial charge < -0.3 is 5.32 Å². The highest BCUT2D eigenvalue weighted by Gasteiger charge is 2.21. The number of aryl methyl sites for hydroxylation is 2. The second kappa shape index (κ2) is 9.41. The Kier molecular flexibility index (Phi) is 7.65. The number of nitrogens with one attached hydrogen (secondary N) is 2. The predicted octanol–water partition coefficient (Wildman–Crippen LogP) is 5.02. The lowest BCUT2D eigenvalue weighted by atomic mass is 10.1. The maximum atomic E-state index is 12.9. The standard InChI is InChI=1S/C21H27ClN2O3S2/c1-14-10-15(2)12-17(11-14)24-29(26,27)19-13-16(6-7-18(19)22)20(25)23-8-9-28-21(3,4)5/h6-7,10-13,24H,8-9H2,1-5H3,(H,23,25). The average molecular weight is 455 g/mol. The van der Waals surface area contributed by atoms with Gasteiger partial charge in [0.05, 0.1) is 5.02 Å². The molecule has 1 amide bonds. The molecule has 2 aromatic rings. The van der Waals surface area contributed by atoms with Crippen molar-refractivity contribution in [2.24, 2.45) is 0 Å². The number of rotatable bonds is 7. The van der Waals surface area contributed by atoms with E-state index in [4.69, 9.17) is 11.6 Å². The molecule has 29 heavy (non-hydrogen) atoms. The SMILES string of the molecule is Cc1cc(C)cc(NS(=O)(=O)c2cc(C(=O)NCCSC(C)(C)C)ccc2Cl)c1. The molecule has 0 bridgehead atoms. The van der Waals surface area contributed by atoms with E-state index in [1.54, 1.807) is 23.9 Å². The van der Waals surface area contributed by atoms with Crippen LogP contribution in [0.15, 0.2) is 41.3 Å². The highest BCUT2D eigenvalue weighted by molar-refractivity contribution is 8.00. The molecule has 0 aliphatic heterocycles. The lowest BCUT2D eigenvalue weighted by Crippen LogP contribution is -2.27. The largest absolute Gasteiger partial charge is 0.351 e. The number of hydrogen-bond acceptors (Lipinski definition) is 4. The number of thioether (sulfide) groups is 1. The number of halogens is 1. The van der Waals surface area contributed by atoms with E-state index in [9.17, 15) is 13.2 Å². The first-order valence-electron chi connectivity index (χ1n) is 9.20. The second-order valence-corrected chi connectivity index (χ2v) is 11.8. The van der Waals surface area contributed by atoms with Crippen molar-refractivity contribution in [3.8, 4) is 0 Å². The Labute approximate surface area is 182 Å². The van der Waals surface area contributed by atoms with Gasteiger partial charge in [0.1, 0.15) is 4.90 Å². The number of carbonyl (C=O) groups is 1. The van der Waals surface area contributed by atoms with Crippen LogP contribution in [0.5, 0.6) is 0 Å². The quantitative estimate of drug-likeness (QED) is 0.576. The van der Waals surface area contributed by atoms with Crippen LogP contribution in [0.4, 0.5) is 5.69 Å². The van der Waals surface area contributed by atoms with Crippen LogP contribution >= 0.6 is 23.4 Å².